The van der Waals surface area contributed by atoms with Gasteiger partial charge < -0.3 is 5.32 Å². The number of hydrogen-bond donors (Lipinski definition) is 1. The zero-order valence-electron chi connectivity index (χ0n) is 16.4. The third kappa shape index (κ3) is 3.84. The van der Waals surface area contributed by atoms with Crippen LogP contribution in [0, 0.1) is 0 Å². The van der Waals surface area contributed by atoms with Gasteiger partial charge in [-0.1, -0.05) is 36.8 Å². The Kier molecular flexibility index (Phi) is 5.16. The molecule has 5 rings (SSSR count). The van der Waals surface area contributed by atoms with Gasteiger partial charge in [0.05, 0.1) is 13.1 Å². The number of nitrogens with zero attached hydrogens (tertiary/aromatic N) is 4. The number of nitrogens with one attached hydrogen (secondary N) is 1. The Hall–Kier alpha value is -2.51. The molecule has 2 aliphatic rings. The van der Waals surface area contributed by atoms with Gasteiger partial charge in [-0.05, 0) is 18.4 Å². The summed E-state index contributed by atoms with van der Waals surface area (Å²) >= 11 is 1.55. The van der Waals surface area contributed by atoms with E-state index in [1.807, 2.05) is 28.3 Å². The molecule has 2 aromatic heterocycles. The lowest BCUT2D eigenvalue weighted by atomic mass is 9.89. The smallest absolute Gasteiger partial charge is 0.272 e. The lowest BCUT2D eigenvalue weighted by Crippen LogP contribution is -2.43. The van der Waals surface area contributed by atoms with E-state index in [1.54, 1.807) is 17.5 Å². The molecule has 0 radical (unpaired) electrons. The van der Waals surface area contributed by atoms with Gasteiger partial charge in [0, 0.05) is 48.4 Å². The van der Waals surface area contributed by atoms with Gasteiger partial charge in [0.1, 0.15) is 5.01 Å². The molecule has 1 fully saturated rings. The number of hydrogen-bond acceptors (Lipinski definition) is 5. The second-order valence-corrected chi connectivity index (χ2v) is 8.81. The second kappa shape index (κ2) is 8.08. The third-order valence-electron chi connectivity index (χ3n) is 6.03. The summed E-state index contributed by atoms with van der Waals surface area (Å²) in [5, 5.41) is 10.6. The summed E-state index contributed by atoms with van der Waals surface area (Å²) < 4.78 is 2.04. The first-order valence-electron chi connectivity index (χ1n) is 10.3. The average Bonchev–Trinajstić information content (AvgIpc) is 3.34. The molecule has 29 heavy (non-hydrogen) atoms. The van der Waals surface area contributed by atoms with Gasteiger partial charge in [0.2, 0.25) is 0 Å². The number of aromatic nitrogens is 3. The monoisotopic (exact) mass is 407 g/mol. The Morgan fingerprint density at radius 2 is 2.10 bits per heavy atom. The van der Waals surface area contributed by atoms with Crippen molar-refractivity contribution in [2.75, 3.05) is 6.54 Å². The van der Waals surface area contributed by atoms with Gasteiger partial charge in [-0.15, -0.1) is 11.3 Å². The summed E-state index contributed by atoms with van der Waals surface area (Å²) in [7, 11) is 0. The van der Waals surface area contributed by atoms with E-state index in [9.17, 15) is 4.79 Å². The van der Waals surface area contributed by atoms with Crippen LogP contribution in [0.3, 0.4) is 0 Å². The third-order valence-corrected chi connectivity index (χ3v) is 6.81. The molecular weight excluding hydrogens is 382 g/mol. The van der Waals surface area contributed by atoms with E-state index in [1.165, 1.54) is 30.5 Å². The van der Waals surface area contributed by atoms with Crippen molar-refractivity contribution in [3.8, 4) is 0 Å². The van der Waals surface area contributed by atoms with Gasteiger partial charge in [-0.25, -0.2) is 4.98 Å². The van der Waals surface area contributed by atoms with Crippen LogP contribution in [0.5, 0.6) is 0 Å². The highest BCUT2D eigenvalue weighted by molar-refractivity contribution is 7.09. The Morgan fingerprint density at radius 3 is 2.83 bits per heavy atom. The highest BCUT2D eigenvalue weighted by Gasteiger charge is 2.33. The van der Waals surface area contributed by atoms with E-state index in [0.29, 0.717) is 24.8 Å². The zero-order valence-corrected chi connectivity index (χ0v) is 17.2. The van der Waals surface area contributed by atoms with Gasteiger partial charge >= 0.3 is 0 Å². The summed E-state index contributed by atoms with van der Waals surface area (Å²) in [6, 6.07) is 11.0. The van der Waals surface area contributed by atoms with Crippen molar-refractivity contribution >= 4 is 17.2 Å². The maximum absolute atomic E-state index is 13.0. The minimum absolute atomic E-state index is 0.0984. The van der Waals surface area contributed by atoms with Crippen molar-refractivity contribution in [3.05, 3.63) is 69.4 Å². The molecule has 1 amide bonds. The van der Waals surface area contributed by atoms with Crippen molar-refractivity contribution in [1.29, 1.82) is 0 Å². The summed E-state index contributed by atoms with van der Waals surface area (Å²) in [6.45, 7) is 3.03. The van der Waals surface area contributed by atoms with Gasteiger partial charge in [0.15, 0.2) is 5.69 Å². The SMILES string of the molecule is O=C(NCc1nccs1)c1nn(Cc2ccccc2)c2c1CN(C1CCC1)CC2. The van der Waals surface area contributed by atoms with Crippen LogP contribution >= 0.6 is 11.3 Å². The summed E-state index contributed by atoms with van der Waals surface area (Å²) in [5.74, 6) is -0.0984. The minimum Gasteiger partial charge on any atom is -0.344 e. The molecule has 3 heterocycles. The fourth-order valence-corrected chi connectivity index (χ4v) is 4.78. The molecule has 0 atom stereocenters. The molecule has 1 saturated carbocycles. The first-order valence-corrected chi connectivity index (χ1v) is 11.2. The number of fused-ring (bicyclic) bond motifs is 1. The van der Waals surface area contributed by atoms with Crippen LogP contribution in [0.15, 0.2) is 41.9 Å². The number of thiazole rings is 1. The van der Waals surface area contributed by atoms with Crippen LogP contribution in [-0.4, -0.2) is 38.2 Å². The largest absolute Gasteiger partial charge is 0.344 e. The molecular formula is C22H25N5OS. The number of rotatable bonds is 6. The summed E-state index contributed by atoms with van der Waals surface area (Å²) in [5.41, 5.74) is 4.10. The van der Waals surface area contributed by atoms with Crippen molar-refractivity contribution in [1.82, 2.24) is 25.0 Å². The predicted molar refractivity (Wildman–Crippen MR) is 113 cm³/mol. The van der Waals surface area contributed by atoms with E-state index in [2.05, 4.69) is 27.3 Å². The van der Waals surface area contributed by atoms with Crippen molar-refractivity contribution in [2.24, 2.45) is 0 Å². The van der Waals surface area contributed by atoms with E-state index < -0.39 is 0 Å². The maximum atomic E-state index is 13.0. The van der Waals surface area contributed by atoms with Crippen molar-refractivity contribution < 1.29 is 4.79 Å². The summed E-state index contributed by atoms with van der Waals surface area (Å²) in [4.78, 5) is 19.8. The highest BCUT2D eigenvalue weighted by Crippen LogP contribution is 2.31. The van der Waals surface area contributed by atoms with Crippen molar-refractivity contribution in [3.63, 3.8) is 0 Å². The van der Waals surface area contributed by atoms with Gasteiger partial charge in [-0.3, -0.25) is 14.4 Å². The van der Waals surface area contributed by atoms with E-state index in [4.69, 9.17) is 5.10 Å². The van der Waals surface area contributed by atoms with E-state index >= 15 is 0 Å². The van der Waals surface area contributed by atoms with Crippen LogP contribution < -0.4 is 5.32 Å². The number of carbonyl (C=O) groups excluding carboxylic acids is 1. The zero-order chi connectivity index (χ0) is 19.6. The fourth-order valence-electron chi connectivity index (χ4n) is 4.22. The Labute approximate surface area is 174 Å². The first kappa shape index (κ1) is 18.5. The van der Waals surface area contributed by atoms with Gasteiger partial charge in [-0.2, -0.15) is 5.10 Å². The maximum Gasteiger partial charge on any atom is 0.272 e. The van der Waals surface area contributed by atoms with Crippen LogP contribution in [0.4, 0.5) is 0 Å². The standard InChI is InChI=1S/C22H25N5OS/c28-22(24-13-20-23-10-12-29-20)21-18-15-26(17-7-4-8-17)11-9-19(18)27(25-21)14-16-5-2-1-3-6-16/h1-3,5-6,10,12,17H,4,7-9,11,13-15H2,(H,24,28). The normalized spacial score (nSPS) is 17.0. The molecule has 1 aromatic carbocycles. The first-order chi connectivity index (χ1) is 14.3. The molecule has 3 aromatic rings. The fraction of sp³-hybridized carbons (Fsp3) is 0.409. The molecule has 1 aliphatic heterocycles. The van der Waals surface area contributed by atoms with Crippen molar-refractivity contribution in [2.45, 2.75) is 51.4 Å². The number of amides is 1. The molecule has 7 heteroatoms. The second-order valence-electron chi connectivity index (χ2n) is 7.83. The molecule has 6 nitrogen and oxygen atoms in total. The van der Waals surface area contributed by atoms with Gasteiger partial charge in [0.25, 0.3) is 5.91 Å². The number of benzene rings is 1. The summed E-state index contributed by atoms with van der Waals surface area (Å²) in [6.07, 6.45) is 6.59. The Bertz CT molecular complexity index is 978. The lowest BCUT2D eigenvalue weighted by molar-refractivity contribution is 0.0934. The minimum atomic E-state index is -0.0984. The topological polar surface area (TPSA) is 63.1 Å². The van der Waals surface area contributed by atoms with Crippen LogP contribution in [0.2, 0.25) is 0 Å². The highest BCUT2D eigenvalue weighted by atomic mass is 32.1. The Balaban J connectivity index is 1.41. The van der Waals surface area contributed by atoms with E-state index in [-0.39, 0.29) is 5.91 Å². The number of carbonyl (C=O) groups is 1. The van der Waals surface area contributed by atoms with Crippen LogP contribution in [0.25, 0.3) is 0 Å². The van der Waals surface area contributed by atoms with Crippen LogP contribution in [-0.2, 0) is 26.1 Å². The molecule has 1 N–H and O–H groups in total. The lowest BCUT2D eigenvalue weighted by Gasteiger charge is -2.39. The van der Waals surface area contributed by atoms with E-state index in [0.717, 1.165) is 30.1 Å². The average molecular weight is 408 g/mol. The molecule has 0 bridgehead atoms. The molecule has 1 aliphatic carbocycles. The predicted octanol–water partition coefficient (Wildman–Crippen LogP) is 3.23. The molecule has 150 valence electrons. The van der Waals surface area contributed by atoms with Crippen LogP contribution in [0.1, 0.15) is 51.6 Å². The molecule has 0 spiro atoms. The Morgan fingerprint density at radius 1 is 1.24 bits per heavy atom. The quantitative estimate of drug-likeness (QED) is 0.681. The molecule has 0 unspecified atom stereocenters. The molecule has 0 saturated heterocycles.